The third-order valence-electron chi connectivity index (χ3n) is 5.76. The highest BCUT2D eigenvalue weighted by molar-refractivity contribution is 5.74. The molecule has 0 bridgehead atoms. The summed E-state index contributed by atoms with van der Waals surface area (Å²) in [5.41, 5.74) is 3.20. The molecule has 2 N–H and O–H groups in total. The fraction of sp³-hybridized carbons (Fsp3) is 0.350. The first-order valence-electron chi connectivity index (χ1n) is 9.56. The van der Waals surface area contributed by atoms with Gasteiger partial charge in [0.2, 0.25) is 0 Å². The van der Waals surface area contributed by atoms with E-state index in [1.807, 2.05) is 18.3 Å². The average Bonchev–Trinajstić information content (AvgIpc) is 3.45. The number of aromatic nitrogens is 6. The van der Waals surface area contributed by atoms with E-state index in [0.717, 1.165) is 47.7 Å². The van der Waals surface area contributed by atoms with Gasteiger partial charge in [-0.25, -0.2) is 9.97 Å². The summed E-state index contributed by atoms with van der Waals surface area (Å²) in [4.78, 5) is 11.9. The summed E-state index contributed by atoms with van der Waals surface area (Å²) in [5.74, 6) is 2.65. The van der Waals surface area contributed by atoms with Crippen molar-refractivity contribution in [3.63, 3.8) is 0 Å². The van der Waals surface area contributed by atoms with Crippen LogP contribution in [0.1, 0.15) is 43.5 Å². The zero-order valence-corrected chi connectivity index (χ0v) is 15.5. The molecule has 4 aromatic rings. The third-order valence-corrected chi connectivity index (χ3v) is 5.76. The van der Waals surface area contributed by atoms with Crippen molar-refractivity contribution in [2.45, 2.75) is 38.1 Å². The number of nitrogens with zero attached hydrogens (tertiary/aromatic N) is 6. The highest BCUT2D eigenvalue weighted by Gasteiger charge is 2.37. The summed E-state index contributed by atoms with van der Waals surface area (Å²) in [5, 5.41) is 21.4. The molecule has 1 fully saturated rings. The molecule has 0 aliphatic heterocycles. The zero-order chi connectivity index (χ0) is 19.1. The maximum Gasteiger partial charge on any atom is 0.179 e. The quantitative estimate of drug-likeness (QED) is 0.569. The Morgan fingerprint density at radius 3 is 2.93 bits per heavy atom. The first kappa shape index (κ1) is 16.7. The van der Waals surface area contributed by atoms with Crippen LogP contribution < -0.4 is 5.32 Å². The Labute approximate surface area is 161 Å². The van der Waals surface area contributed by atoms with Gasteiger partial charge < -0.3 is 10.3 Å². The summed E-state index contributed by atoms with van der Waals surface area (Å²) in [7, 11) is 0. The SMILES string of the molecule is CCC1CC(Nc2ccc(C#N)cn2)CC1c1nnc2cnc3[nH]ccc3n12. The van der Waals surface area contributed by atoms with Crippen molar-refractivity contribution in [1.29, 1.82) is 5.26 Å². The van der Waals surface area contributed by atoms with E-state index >= 15 is 0 Å². The second kappa shape index (κ2) is 6.60. The Balaban J connectivity index is 1.46. The van der Waals surface area contributed by atoms with Gasteiger partial charge in [-0.15, -0.1) is 10.2 Å². The van der Waals surface area contributed by atoms with Crippen LogP contribution in [0.5, 0.6) is 0 Å². The van der Waals surface area contributed by atoms with Crippen molar-refractivity contribution in [3.8, 4) is 6.07 Å². The molecule has 3 atom stereocenters. The summed E-state index contributed by atoms with van der Waals surface area (Å²) < 4.78 is 2.13. The Bertz CT molecular complexity index is 1170. The van der Waals surface area contributed by atoms with Crippen molar-refractivity contribution < 1.29 is 0 Å². The number of fused-ring (bicyclic) bond motifs is 3. The van der Waals surface area contributed by atoms with Crippen LogP contribution in [0.3, 0.4) is 0 Å². The number of H-pyrrole nitrogens is 1. The molecule has 28 heavy (non-hydrogen) atoms. The molecule has 3 unspecified atom stereocenters. The van der Waals surface area contributed by atoms with Crippen molar-refractivity contribution in [2.24, 2.45) is 5.92 Å². The molecule has 140 valence electrons. The van der Waals surface area contributed by atoms with E-state index in [2.05, 4.69) is 47.9 Å². The minimum absolute atomic E-state index is 0.311. The van der Waals surface area contributed by atoms with E-state index in [0.29, 0.717) is 23.4 Å². The highest BCUT2D eigenvalue weighted by Crippen LogP contribution is 2.42. The van der Waals surface area contributed by atoms with E-state index in [1.54, 1.807) is 18.5 Å². The molecule has 0 amide bonds. The van der Waals surface area contributed by atoms with Crippen molar-refractivity contribution in [1.82, 2.24) is 29.5 Å². The van der Waals surface area contributed by atoms with Crippen LogP contribution in [0.15, 0.2) is 36.8 Å². The summed E-state index contributed by atoms with van der Waals surface area (Å²) >= 11 is 0. The van der Waals surface area contributed by atoms with Gasteiger partial charge in [0, 0.05) is 24.4 Å². The van der Waals surface area contributed by atoms with Gasteiger partial charge in [-0.3, -0.25) is 4.40 Å². The lowest BCUT2D eigenvalue weighted by Crippen LogP contribution is -2.16. The molecule has 5 rings (SSSR count). The lowest BCUT2D eigenvalue weighted by Gasteiger charge is -2.15. The number of nitrogens with one attached hydrogen (secondary N) is 2. The topological polar surface area (TPSA) is 108 Å². The maximum atomic E-state index is 8.93. The molecule has 0 saturated heterocycles. The van der Waals surface area contributed by atoms with E-state index in [4.69, 9.17) is 5.26 Å². The Morgan fingerprint density at radius 2 is 2.14 bits per heavy atom. The van der Waals surface area contributed by atoms with Crippen LogP contribution in [-0.2, 0) is 0 Å². The second-order valence-corrected chi connectivity index (χ2v) is 7.35. The third kappa shape index (κ3) is 2.67. The molecule has 8 nitrogen and oxygen atoms in total. The van der Waals surface area contributed by atoms with Gasteiger partial charge in [-0.05, 0) is 37.0 Å². The van der Waals surface area contributed by atoms with Gasteiger partial charge in [0.25, 0.3) is 0 Å². The molecule has 0 aromatic carbocycles. The highest BCUT2D eigenvalue weighted by atomic mass is 15.3. The van der Waals surface area contributed by atoms with Gasteiger partial charge in [0.15, 0.2) is 11.3 Å². The molecule has 1 saturated carbocycles. The van der Waals surface area contributed by atoms with E-state index < -0.39 is 0 Å². The fourth-order valence-corrected chi connectivity index (χ4v) is 4.40. The van der Waals surface area contributed by atoms with Crippen LogP contribution in [-0.4, -0.2) is 35.6 Å². The summed E-state index contributed by atoms with van der Waals surface area (Å²) in [6.45, 7) is 2.23. The molecule has 4 heterocycles. The van der Waals surface area contributed by atoms with Gasteiger partial charge in [-0.2, -0.15) is 5.26 Å². The average molecular weight is 372 g/mol. The van der Waals surface area contributed by atoms with Crippen molar-refractivity contribution >= 4 is 22.6 Å². The van der Waals surface area contributed by atoms with Crippen molar-refractivity contribution in [3.05, 3.63) is 48.2 Å². The number of pyridine rings is 1. The second-order valence-electron chi connectivity index (χ2n) is 7.35. The minimum Gasteiger partial charge on any atom is -0.367 e. The van der Waals surface area contributed by atoms with Gasteiger partial charge in [0.1, 0.15) is 17.7 Å². The normalized spacial score (nSPS) is 21.9. The number of aromatic amines is 1. The van der Waals surface area contributed by atoms with Crippen molar-refractivity contribution in [2.75, 3.05) is 5.32 Å². The molecule has 8 heteroatoms. The number of hydrogen-bond acceptors (Lipinski definition) is 6. The van der Waals surface area contributed by atoms with Crippen LogP contribution in [0.4, 0.5) is 5.82 Å². The van der Waals surface area contributed by atoms with E-state index in [-0.39, 0.29) is 0 Å². The predicted octanol–water partition coefficient (Wildman–Crippen LogP) is 3.26. The fourth-order valence-electron chi connectivity index (χ4n) is 4.40. The molecule has 0 radical (unpaired) electrons. The monoisotopic (exact) mass is 372 g/mol. The van der Waals surface area contributed by atoms with Gasteiger partial charge in [0.05, 0.1) is 17.3 Å². The lowest BCUT2D eigenvalue weighted by atomic mass is 9.93. The first-order chi connectivity index (χ1) is 13.8. The molecule has 1 aliphatic rings. The van der Waals surface area contributed by atoms with Crippen LogP contribution in [0.25, 0.3) is 16.8 Å². The standard InChI is InChI=1S/C20H20N8/c1-2-13-7-14(25-17-4-3-12(9-21)10-23-17)8-15(13)20-27-26-18-11-24-19-16(28(18)20)5-6-22-19/h3-6,10-11,13-15,22H,2,7-8H2,1H3,(H,23,25). The molecule has 4 aromatic heterocycles. The number of rotatable bonds is 4. The van der Waals surface area contributed by atoms with E-state index in [9.17, 15) is 0 Å². The van der Waals surface area contributed by atoms with Crippen LogP contribution in [0.2, 0.25) is 0 Å². The predicted molar refractivity (Wildman–Crippen MR) is 105 cm³/mol. The smallest absolute Gasteiger partial charge is 0.179 e. The lowest BCUT2D eigenvalue weighted by molar-refractivity contribution is 0.451. The van der Waals surface area contributed by atoms with Crippen LogP contribution in [0, 0.1) is 17.2 Å². The largest absolute Gasteiger partial charge is 0.367 e. The number of anilines is 1. The number of hydrogen-bond donors (Lipinski definition) is 2. The van der Waals surface area contributed by atoms with E-state index in [1.165, 1.54) is 0 Å². The summed E-state index contributed by atoms with van der Waals surface area (Å²) in [6.07, 6.45) is 8.37. The molecular weight excluding hydrogens is 352 g/mol. The maximum absolute atomic E-state index is 8.93. The molecule has 1 aliphatic carbocycles. The van der Waals surface area contributed by atoms with Gasteiger partial charge in [-0.1, -0.05) is 13.3 Å². The zero-order valence-electron chi connectivity index (χ0n) is 15.5. The van der Waals surface area contributed by atoms with Crippen LogP contribution >= 0.6 is 0 Å². The van der Waals surface area contributed by atoms with Gasteiger partial charge >= 0.3 is 0 Å². The minimum atomic E-state index is 0.311. The Kier molecular flexibility index (Phi) is 3.93. The Morgan fingerprint density at radius 1 is 1.21 bits per heavy atom. The molecular formula is C20H20N8. The molecule has 0 spiro atoms. The number of nitriles is 1. The Hall–Kier alpha value is -3.47. The summed E-state index contributed by atoms with van der Waals surface area (Å²) in [6, 6.07) is 8.10. The first-order valence-corrected chi connectivity index (χ1v) is 9.56.